The van der Waals surface area contributed by atoms with E-state index in [0.717, 1.165) is 24.1 Å². The third-order valence-electron chi connectivity index (χ3n) is 5.32. The van der Waals surface area contributed by atoms with Gasteiger partial charge in [-0.1, -0.05) is 18.5 Å². The lowest BCUT2D eigenvalue weighted by Crippen LogP contribution is -2.25. The van der Waals surface area contributed by atoms with Gasteiger partial charge in [-0.05, 0) is 31.2 Å². The van der Waals surface area contributed by atoms with Gasteiger partial charge in [0.1, 0.15) is 5.02 Å². The van der Waals surface area contributed by atoms with E-state index in [-0.39, 0.29) is 0 Å². The number of rotatable bonds is 5. The quantitative estimate of drug-likeness (QED) is 0.853. The highest BCUT2D eigenvalue weighted by Crippen LogP contribution is 2.39. The van der Waals surface area contributed by atoms with E-state index in [0.29, 0.717) is 22.8 Å². The molecule has 2 N–H and O–H groups in total. The highest BCUT2D eigenvalue weighted by molar-refractivity contribution is 6.32. The summed E-state index contributed by atoms with van der Waals surface area (Å²) in [6, 6.07) is 0.438. The van der Waals surface area contributed by atoms with E-state index in [4.69, 9.17) is 11.6 Å². The fourth-order valence-electron chi connectivity index (χ4n) is 4.11. The van der Waals surface area contributed by atoms with E-state index in [1.807, 2.05) is 13.2 Å². The second-order valence-corrected chi connectivity index (χ2v) is 7.51. The minimum absolute atomic E-state index is 0.438. The highest BCUT2D eigenvalue weighted by Gasteiger charge is 2.40. The van der Waals surface area contributed by atoms with Crippen LogP contribution in [0.25, 0.3) is 0 Å². The van der Waals surface area contributed by atoms with Crippen molar-refractivity contribution in [1.29, 1.82) is 0 Å². The molecule has 25 heavy (non-hydrogen) atoms. The number of hydrogen-bond donors (Lipinski definition) is 2. The zero-order chi connectivity index (χ0) is 17.4. The topological polar surface area (TPSA) is 70.9 Å². The third kappa shape index (κ3) is 3.57. The monoisotopic (exact) mass is 361 g/mol. The lowest BCUT2D eigenvalue weighted by atomic mass is 10.0. The van der Waals surface area contributed by atoms with Gasteiger partial charge in [0.05, 0.1) is 18.1 Å². The number of hydrogen-bond acceptors (Lipinski definition) is 6. The van der Waals surface area contributed by atoms with Crippen molar-refractivity contribution in [2.75, 3.05) is 30.3 Å². The molecule has 1 aliphatic heterocycles. The van der Waals surface area contributed by atoms with Crippen LogP contribution in [0.15, 0.2) is 18.6 Å². The molecule has 7 nitrogen and oxygen atoms in total. The molecular weight excluding hydrogens is 338 g/mol. The van der Waals surface area contributed by atoms with Crippen LogP contribution in [0, 0.1) is 11.8 Å². The summed E-state index contributed by atoms with van der Waals surface area (Å²) in [6.45, 7) is 5.86. The molecule has 2 atom stereocenters. The molecule has 1 aliphatic carbocycles. The van der Waals surface area contributed by atoms with Crippen molar-refractivity contribution in [3.05, 3.63) is 23.6 Å². The van der Waals surface area contributed by atoms with Gasteiger partial charge in [0, 0.05) is 32.4 Å². The van der Waals surface area contributed by atoms with Gasteiger partial charge in [-0.25, -0.2) is 4.98 Å². The Labute approximate surface area is 152 Å². The van der Waals surface area contributed by atoms with Gasteiger partial charge in [0.25, 0.3) is 0 Å². The SMILES string of the molecule is CCN1CC2CC(Nc3nc(Nc4cnn(C)c4)ncc3Cl)CC2C1. The van der Waals surface area contributed by atoms with Crippen LogP contribution in [0.1, 0.15) is 19.8 Å². The van der Waals surface area contributed by atoms with Gasteiger partial charge in [0.2, 0.25) is 5.95 Å². The molecule has 2 unspecified atom stereocenters. The zero-order valence-corrected chi connectivity index (χ0v) is 15.4. The van der Waals surface area contributed by atoms with Crippen LogP contribution in [0.4, 0.5) is 17.5 Å². The Morgan fingerprint density at radius 3 is 2.64 bits per heavy atom. The highest BCUT2D eigenvalue weighted by atomic mass is 35.5. The lowest BCUT2D eigenvalue weighted by molar-refractivity contribution is 0.325. The Morgan fingerprint density at radius 1 is 1.24 bits per heavy atom. The number of aromatic nitrogens is 4. The molecule has 1 saturated heterocycles. The minimum Gasteiger partial charge on any atom is -0.366 e. The van der Waals surface area contributed by atoms with Crippen molar-refractivity contribution in [2.24, 2.45) is 18.9 Å². The van der Waals surface area contributed by atoms with Crippen LogP contribution < -0.4 is 10.6 Å². The molecule has 2 aliphatic rings. The molecule has 2 aromatic heterocycles. The Morgan fingerprint density at radius 2 is 2.00 bits per heavy atom. The predicted molar refractivity (Wildman–Crippen MR) is 99.3 cm³/mol. The summed E-state index contributed by atoms with van der Waals surface area (Å²) in [5, 5.41) is 11.4. The molecule has 0 bridgehead atoms. The fraction of sp³-hybridized carbons (Fsp3) is 0.588. The average molecular weight is 362 g/mol. The Hall–Kier alpha value is -1.86. The van der Waals surface area contributed by atoms with Gasteiger partial charge in [-0.3, -0.25) is 4.68 Å². The van der Waals surface area contributed by atoms with Crippen molar-refractivity contribution >= 4 is 29.1 Å². The summed E-state index contributed by atoms with van der Waals surface area (Å²) in [4.78, 5) is 11.4. The number of aryl methyl sites for hydroxylation is 1. The molecule has 2 fully saturated rings. The first-order valence-electron chi connectivity index (χ1n) is 8.87. The third-order valence-corrected chi connectivity index (χ3v) is 5.60. The Kier molecular flexibility index (Phi) is 4.52. The number of halogens is 1. The Bertz CT molecular complexity index is 732. The maximum atomic E-state index is 6.31. The largest absolute Gasteiger partial charge is 0.366 e. The lowest BCUT2D eigenvalue weighted by Gasteiger charge is -2.19. The summed E-state index contributed by atoms with van der Waals surface area (Å²) in [5.74, 6) is 2.83. The maximum Gasteiger partial charge on any atom is 0.229 e. The second-order valence-electron chi connectivity index (χ2n) is 7.10. The summed E-state index contributed by atoms with van der Waals surface area (Å²) < 4.78 is 1.73. The molecule has 0 radical (unpaired) electrons. The number of nitrogens with one attached hydrogen (secondary N) is 2. The summed E-state index contributed by atoms with van der Waals surface area (Å²) >= 11 is 6.31. The van der Waals surface area contributed by atoms with E-state index >= 15 is 0 Å². The van der Waals surface area contributed by atoms with Gasteiger partial charge >= 0.3 is 0 Å². The molecular formula is C17H24ClN7. The van der Waals surface area contributed by atoms with Crippen molar-refractivity contribution in [2.45, 2.75) is 25.8 Å². The normalized spacial score (nSPS) is 26.0. The number of anilines is 3. The smallest absolute Gasteiger partial charge is 0.229 e. The molecule has 1 saturated carbocycles. The zero-order valence-electron chi connectivity index (χ0n) is 14.6. The summed E-state index contributed by atoms with van der Waals surface area (Å²) in [6.07, 6.45) is 7.63. The molecule has 0 aromatic carbocycles. The van der Waals surface area contributed by atoms with Crippen molar-refractivity contribution in [3.63, 3.8) is 0 Å². The molecule has 134 valence electrons. The van der Waals surface area contributed by atoms with Gasteiger partial charge in [0.15, 0.2) is 5.82 Å². The van der Waals surface area contributed by atoms with Gasteiger partial charge < -0.3 is 15.5 Å². The minimum atomic E-state index is 0.438. The first-order valence-corrected chi connectivity index (χ1v) is 9.25. The van der Waals surface area contributed by atoms with Crippen LogP contribution in [0.3, 0.4) is 0 Å². The van der Waals surface area contributed by atoms with E-state index in [1.165, 1.54) is 25.9 Å². The predicted octanol–water partition coefficient (Wildman–Crippen LogP) is 2.75. The molecule has 4 rings (SSSR count). The molecule has 8 heteroatoms. The molecule has 0 spiro atoms. The van der Waals surface area contributed by atoms with Crippen molar-refractivity contribution in [1.82, 2.24) is 24.6 Å². The summed E-state index contributed by atoms with van der Waals surface area (Å²) in [5.41, 5.74) is 0.853. The van der Waals surface area contributed by atoms with Crippen LogP contribution in [0.2, 0.25) is 5.02 Å². The number of likely N-dealkylation sites (tertiary alicyclic amines) is 1. The van der Waals surface area contributed by atoms with E-state index in [2.05, 4.69) is 37.5 Å². The summed E-state index contributed by atoms with van der Waals surface area (Å²) in [7, 11) is 1.87. The van der Waals surface area contributed by atoms with Crippen molar-refractivity contribution in [3.8, 4) is 0 Å². The first-order chi connectivity index (χ1) is 12.1. The fourth-order valence-corrected chi connectivity index (χ4v) is 4.26. The maximum absolute atomic E-state index is 6.31. The number of fused-ring (bicyclic) bond motifs is 1. The molecule has 2 aromatic rings. The van der Waals surface area contributed by atoms with E-state index < -0.39 is 0 Å². The van der Waals surface area contributed by atoms with Crippen LogP contribution in [-0.2, 0) is 7.05 Å². The van der Waals surface area contributed by atoms with Crippen LogP contribution in [-0.4, -0.2) is 50.3 Å². The van der Waals surface area contributed by atoms with Crippen LogP contribution in [0.5, 0.6) is 0 Å². The average Bonchev–Trinajstić information content (AvgIpc) is 3.25. The van der Waals surface area contributed by atoms with E-state index in [1.54, 1.807) is 17.1 Å². The molecule has 0 amide bonds. The second kappa shape index (κ2) is 6.80. The standard InChI is InChI=1S/C17H24ClN7/c1-3-25-8-11-4-13(5-12(11)9-25)21-16-15(18)7-19-17(23-16)22-14-6-20-24(2)10-14/h6-7,10-13H,3-5,8-9H2,1-2H3,(H2,19,21,22,23). The Balaban J connectivity index is 1.42. The molecule has 3 heterocycles. The number of nitrogens with zero attached hydrogens (tertiary/aromatic N) is 5. The van der Waals surface area contributed by atoms with Crippen molar-refractivity contribution < 1.29 is 0 Å². The first kappa shape index (κ1) is 16.6. The van der Waals surface area contributed by atoms with Gasteiger partial charge in [-0.15, -0.1) is 0 Å². The van der Waals surface area contributed by atoms with E-state index in [9.17, 15) is 0 Å². The van der Waals surface area contributed by atoms with Gasteiger partial charge in [-0.2, -0.15) is 10.1 Å². The van der Waals surface area contributed by atoms with Crippen LogP contribution >= 0.6 is 11.6 Å².